The van der Waals surface area contributed by atoms with Crippen LogP contribution in [0.3, 0.4) is 0 Å². The van der Waals surface area contributed by atoms with Gasteiger partial charge in [0, 0.05) is 18.8 Å². The summed E-state index contributed by atoms with van der Waals surface area (Å²) < 4.78 is 6.47. The minimum absolute atomic E-state index is 0.141. The van der Waals surface area contributed by atoms with E-state index in [1.807, 2.05) is 35.7 Å². The van der Waals surface area contributed by atoms with Crippen molar-refractivity contribution in [1.82, 2.24) is 9.97 Å². The number of thiazole rings is 2. The van der Waals surface area contributed by atoms with Crippen LogP contribution < -0.4 is 10.2 Å². The first kappa shape index (κ1) is 17.7. The maximum atomic E-state index is 12.6. The summed E-state index contributed by atoms with van der Waals surface area (Å²) in [5.74, 6) is -0.141. The summed E-state index contributed by atoms with van der Waals surface area (Å²) in [6.45, 7) is 3.20. The van der Waals surface area contributed by atoms with E-state index in [9.17, 15) is 4.79 Å². The predicted molar refractivity (Wildman–Crippen MR) is 116 cm³/mol. The fourth-order valence-corrected chi connectivity index (χ4v) is 5.64. The van der Waals surface area contributed by atoms with Crippen molar-refractivity contribution >= 4 is 61.0 Å². The summed E-state index contributed by atoms with van der Waals surface area (Å²) in [7, 11) is 0. The van der Waals surface area contributed by atoms with Gasteiger partial charge in [-0.05, 0) is 29.6 Å². The van der Waals surface area contributed by atoms with Crippen molar-refractivity contribution < 1.29 is 9.53 Å². The fourth-order valence-electron chi connectivity index (χ4n) is 2.97. The van der Waals surface area contributed by atoms with Gasteiger partial charge in [-0.1, -0.05) is 17.4 Å². The van der Waals surface area contributed by atoms with Gasteiger partial charge in [-0.2, -0.15) is 0 Å². The Kier molecular flexibility index (Phi) is 4.81. The fraction of sp³-hybridized carbons (Fsp3) is 0.211. The van der Waals surface area contributed by atoms with Gasteiger partial charge in [0.15, 0.2) is 5.13 Å². The molecule has 28 heavy (non-hydrogen) atoms. The van der Waals surface area contributed by atoms with E-state index in [1.165, 1.54) is 11.3 Å². The van der Waals surface area contributed by atoms with E-state index >= 15 is 0 Å². The number of morpholine rings is 1. The highest BCUT2D eigenvalue weighted by atomic mass is 32.1. The van der Waals surface area contributed by atoms with Crippen molar-refractivity contribution in [3.63, 3.8) is 0 Å². The van der Waals surface area contributed by atoms with Gasteiger partial charge in [0.2, 0.25) is 0 Å². The van der Waals surface area contributed by atoms with Crippen molar-refractivity contribution in [2.24, 2.45) is 0 Å². The standard InChI is InChI=1S/C19H16N4O2S3/c24-17(16-11-20-18(27-16)14-2-1-9-26-14)21-12-3-4-13-15(10-12)28-19(22-13)23-5-7-25-8-6-23/h1-4,9-11H,5-8H2,(H,21,24). The third kappa shape index (κ3) is 3.53. The maximum absolute atomic E-state index is 12.6. The molecule has 0 aliphatic carbocycles. The first-order valence-electron chi connectivity index (χ1n) is 8.80. The number of anilines is 2. The van der Waals surface area contributed by atoms with Crippen LogP contribution in [0.4, 0.5) is 10.8 Å². The summed E-state index contributed by atoms with van der Waals surface area (Å²) >= 11 is 4.67. The third-order valence-electron chi connectivity index (χ3n) is 4.38. The molecule has 0 radical (unpaired) electrons. The third-order valence-corrected chi connectivity index (χ3v) is 7.49. The molecule has 142 valence electrons. The van der Waals surface area contributed by atoms with Gasteiger partial charge in [0.1, 0.15) is 9.88 Å². The number of rotatable bonds is 4. The largest absolute Gasteiger partial charge is 0.378 e. The minimum Gasteiger partial charge on any atom is -0.378 e. The summed E-state index contributed by atoms with van der Waals surface area (Å²) in [4.78, 5) is 25.6. The SMILES string of the molecule is O=C(Nc1ccc2nc(N3CCOCC3)sc2c1)c1cnc(-c2cccs2)s1. The average Bonchev–Trinajstić information content (AvgIpc) is 3.47. The lowest BCUT2D eigenvalue weighted by Crippen LogP contribution is -2.36. The molecule has 9 heteroatoms. The normalized spacial score (nSPS) is 14.5. The maximum Gasteiger partial charge on any atom is 0.267 e. The Morgan fingerprint density at radius 3 is 2.89 bits per heavy atom. The molecule has 4 aromatic rings. The molecular formula is C19H16N4O2S3. The monoisotopic (exact) mass is 428 g/mol. The number of ether oxygens (including phenoxy) is 1. The Bertz CT molecular complexity index is 1110. The van der Waals surface area contributed by atoms with Crippen LogP contribution in [-0.2, 0) is 4.74 Å². The molecule has 1 amide bonds. The van der Waals surface area contributed by atoms with E-state index in [0.29, 0.717) is 4.88 Å². The molecule has 1 fully saturated rings. The molecule has 0 unspecified atom stereocenters. The molecule has 1 aliphatic rings. The zero-order valence-electron chi connectivity index (χ0n) is 14.8. The van der Waals surface area contributed by atoms with E-state index in [2.05, 4.69) is 15.2 Å². The number of benzene rings is 1. The lowest BCUT2D eigenvalue weighted by Gasteiger charge is -2.25. The van der Waals surface area contributed by atoms with Crippen LogP contribution in [0, 0.1) is 0 Å². The first-order chi connectivity index (χ1) is 13.8. The number of fused-ring (bicyclic) bond motifs is 1. The second-order valence-corrected chi connectivity index (χ2v) is 9.23. The van der Waals surface area contributed by atoms with Crippen LogP contribution in [0.1, 0.15) is 9.67 Å². The first-order valence-corrected chi connectivity index (χ1v) is 11.3. The molecule has 0 spiro atoms. The van der Waals surface area contributed by atoms with Gasteiger partial charge < -0.3 is 15.0 Å². The number of nitrogens with zero attached hydrogens (tertiary/aromatic N) is 3. The lowest BCUT2D eigenvalue weighted by molar-refractivity contribution is 0.103. The molecule has 1 aromatic carbocycles. The molecule has 0 bridgehead atoms. The van der Waals surface area contributed by atoms with Crippen molar-refractivity contribution in [2.75, 3.05) is 36.5 Å². The van der Waals surface area contributed by atoms with Crippen molar-refractivity contribution in [2.45, 2.75) is 0 Å². The molecule has 6 nitrogen and oxygen atoms in total. The molecule has 0 saturated carbocycles. The zero-order chi connectivity index (χ0) is 18.9. The topological polar surface area (TPSA) is 67.4 Å². The van der Waals surface area contributed by atoms with Crippen molar-refractivity contribution in [3.05, 3.63) is 46.8 Å². The van der Waals surface area contributed by atoms with Crippen LogP contribution >= 0.6 is 34.0 Å². The second-order valence-electron chi connectivity index (χ2n) is 6.24. The molecule has 1 N–H and O–H groups in total. The van der Waals surface area contributed by atoms with Gasteiger partial charge in [-0.25, -0.2) is 9.97 Å². The van der Waals surface area contributed by atoms with E-state index in [-0.39, 0.29) is 5.91 Å². The van der Waals surface area contributed by atoms with Crippen molar-refractivity contribution in [3.8, 4) is 9.88 Å². The molecule has 3 aromatic heterocycles. The summed E-state index contributed by atoms with van der Waals surface area (Å²) in [5, 5.41) is 6.86. The Balaban J connectivity index is 1.34. The highest BCUT2D eigenvalue weighted by Crippen LogP contribution is 2.32. The second kappa shape index (κ2) is 7.59. The highest BCUT2D eigenvalue weighted by molar-refractivity contribution is 7.22. The number of nitrogens with one attached hydrogen (secondary N) is 1. The summed E-state index contributed by atoms with van der Waals surface area (Å²) in [5.41, 5.74) is 1.71. The molecule has 1 saturated heterocycles. The Labute approximate surface area is 173 Å². The smallest absolute Gasteiger partial charge is 0.267 e. The quantitative estimate of drug-likeness (QED) is 0.516. The number of thiophene rings is 1. The number of hydrogen-bond donors (Lipinski definition) is 1. The van der Waals surface area contributed by atoms with Gasteiger partial charge in [0.05, 0.1) is 34.5 Å². The van der Waals surface area contributed by atoms with E-state index in [1.54, 1.807) is 28.9 Å². The van der Waals surface area contributed by atoms with Crippen molar-refractivity contribution in [1.29, 1.82) is 0 Å². The Morgan fingerprint density at radius 1 is 1.18 bits per heavy atom. The van der Waals surface area contributed by atoms with Crippen LogP contribution in [0.2, 0.25) is 0 Å². The van der Waals surface area contributed by atoms with Gasteiger partial charge in [-0.15, -0.1) is 22.7 Å². The Morgan fingerprint density at radius 2 is 2.07 bits per heavy atom. The molecular weight excluding hydrogens is 412 g/mol. The zero-order valence-corrected chi connectivity index (χ0v) is 17.2. The number of carbonyl (C=O) groups excluding carboxylic acids is 1. The van der Waals surface area contributed by atoms with E-state index in [0.717, 1.165) is 57.2 Å². The minimum atomic E-state index is -0.141. The van der Waals surface area contributed by atoms with E-state index < -0.39 is 0 Å². The van der Waals surface area contributed by atoms with Crippen LogP contribution in [-0.4, -0.2) is 42.2 Å². The van der Waals surface area contributed by atoms with Gasteiger partial charge >= 0.3 is 0 Å². The summed E-state index contributed by atoms with van der Waals surface area (Å²) in [6.07, 6.45) is 1.64. The van der Waals surface area contributed by atoms with Crippen LogP contribution in [0.15, 0.2) is 41.9 Å². The molecule has 1 aliphatic heterocycles. The highest BCUT2D eigenvalue weighted by Gasteiger charge is 2.16. The van der Waals surface area contributed by atoms with Crippen LogP contribution in [0.25, 0.3) is 20.1 Å². The number of carbonyl (C=O) groups is 1. The van der Waals surface area contributed by atoms with Gasteiger partial charge in [-0.3, -0.25) is 4.79 Å². The van der Waals surface area contributed by atoms with Gasteiger partial charge in [0.25, 0.3) is 5.91 Å². The molecule has 0 atom stereocenters. The molecule has 5 rings (SSSR count). The number of amides is 1. The molecule has 4 heterocycles. The number of aromatic nitrogens is 2. The summed E-state index contributed by atoms with van der Waals surface area (Å²) in [6, 6.07) is 9.82. The van der Waals surface area contributed by atoms with Crippen LogP contribution in [0.5, 0.6) is 0 Å². The predicted octanol–water partition coefficient (Wildman–Crippen LogP) is 4.57. The van der Waals surface area contributed by atoms with E-state index in [4.69, 9.17) is 9.72 Å². The lowest BCUT2D eigenvalue weighted by atomic mass is 10.3. The number of hydrogen-bond acceptors (Lipinski definition) is 8. The average molecular weight is 429 g/mol. The Hall–Kier alpha value is -2.33.